The Bertz CT molecular complexity index is 1160. The molecule has 1 aromatic carbocycles. The number of benzene rings is 1. The van der Waals surface area contributed by atoms with Gasteiger partial charge in [0, 0.05) is 35.6 Å². The van der Waals surface area contributed by atoms with Crippen molar-refractivity contribution in [3.05, 3.63) is 29.3 Å². The molecule has 3 saturated heterocycles. The van der Waals surface area contributed by atoms with E-state index in [1.54, 1.807) is 24.3 Å². The molecule has 0 unspecified atom stereocenters. The SMILES string of the molecule is N#C[C@H](C[C@@H]1CCCNC1=O)NC(=O)[C@H]1[C@@H]2CC[C@@H](CC2(F)F)N1C(=O)[C@@H](CC1CC1)Nc1cccc(Cl)c1. The number of nitrogens with zero attached hydrogens (tertiary/aromatic N) is 2. The van der Waals surface area contributed by atoms with Crippen molar-refractivity contribution in [2.45, 2.75) is 87.9 Å². The van der Waals surface area contributed by atoms with E-state index in [0.29, 0.717) is 42.4 Å². The maximum atomic E-state index is 15.1. The molecular formula is C28H34ClF2N5O3. The fourth-order valence-corrected chi connectivity index (χ4v) is 6.63. The second kappa shape index (κ2) is 11.3. The monoisotopic (exact) mass is 561 g/mol. The molecule has 11 heteroatoms. The lowest BCUT2D eigenvalue weighted by molar-refractivity contribution is -0.194. The molecule has 3 N–H and O–H groups in total. The Balaban J connectivity index is 1.38. The summed E-state index contributed by atoms with van der Waals surface area (Å²) in [7, 11) is 0. The Morgan fingerprint density at radius 3 is 2.67 bits per heavy atom. The van der Waals surface area contributed by atoms with Gasteiger partial charge in [0.2, 0.25) is 17.7 Å². The molecule has 5 aliphatic rings. The average molecular weight is 562 g/mol. The maximum Gasteiger partial charge on any atom is 0.255 e. The van der Waals surface area contributed by atoms with Crippen molar-refractivity contribution in [2.75, 3.05) is 11.9 Å². The van der Waals surface area contributed by atoms with E-state index in [0.717, 1.165) is 19.3 Å². The summed E-state index contributed by atoms with van der Waals surface area (Å²) >= 11 is 6.14. The number of piperidine rings is 3. The van der Waals surface area contributed by atoms with Gasteiger partial charge in [0.1, 0.15) is 18.1 Å². The molecule has 2 aliphatic carbocycles. The van der Waals surface area contributed by atoms with E-state index in [-0.39, 0.29) is 24.7 Å². The second-order valence-corrected chi connectivity index (χ2v) is 11.9. The van der Waals surface area contributed by atoms with E-state index < -0.39 is 54.3 Å². The zero-order valence-electron chi connectivity index (χ0n) is 21.7. The van der Waals surface area contributed by atoms with Crippen LogP contribution in [-0.4, -0.2) is 59.3 Å². The normalized spacial score (nSPS) is 29.1. The number of amides is 3. The number of hydrogen-bond acceptors (Lipinski definition) is 5. The predicted molar refractivity (Wildman–Crippen MR) is 141 cm³/mol. The van der Waals surface area contributed by atoms with Gasteiger partial charge in [0.05, 0.1) is 12.0 Å². The van der Waals surface area contributed by atoms with E-state index in [2.05, 4.69) is 16.0 Å². The Morgan fingerprint density at radius 1 is 1.21 bits per heavy atom. The molecule has 2 bridgehead atoms. The first-order chi connectivity index (χ1) is 18.7. The first-order valence-electron chi connectivity index (χ1n) is 13.9. The first-order valence-corrected chi connectivity index (χ1v) is 14.2. The minimum atomic E-state index is -3.10. The lowest BCUT2D eigenvalue weighted by Gasteiger charge is -2.54. The van der Waals surface area contributed by atoms with Gasteiger partial charge in [-0.25, -0.2) is 8.78 Å². The number of nitriles is 1. The molecule has 2 saturated carbocycles. The third kappa shape index (κ3) is 6.13. The van der Waals surface area contributed by atoms with Crippen LogP contribution in [0.4, 0.5) is 14.5 Å². The van der Waals surface area contributed by atoms with Crippen LogP contribution in [0.2, 0.25) is 5.02 Å². The van der Waals surface area contributed by atoms with Crippen LogP contribution >= 0.6 is 11.6 Å². The number of nitrogens with one attached hydrogen (secondary N) is 3. The van der Waals surface area contributed by atoms with Crippen LogP contribution in [0.3, 0.4) is 0 Å². The highest BCUT2D eigenvalue weighted by Crippen LogP contribution is 2.49. The zero-order valence-corrected chi connectivity index (χ0v) is 22.4. The largest absolute Gasteiger partial charge is 0.374 e. The van der Waals surface area contributed by atoms with Crippen LogP contribution in [0.25, 0.3) is 0 Å². The summed E-state index contributed by atoms with van der Waals surface area (Å²) < 4.78 is 30.3. The van der Waals surface area contributed by atoms with Crippen molar-refractivity contribution < 1.29 is 23.2 Å². The summed E-state index contributed by atoms with van der Waals surface area (Å²) in [6.45, 7) is 0.571. The molecule has 1 aromatic rings. The zero-order chi connectivity index (χ0) is 27.7. The fourth-order valence-electron chi connectivity index (χ4n) is 6.44. The molecule has 8 nitrogen and oxygen atoms in total. The van der Waals surface area contributed by atoms with Gasteiger partial charge < -0.3 is 20.9 Å². The van der Waals surface area contributed by atoms with Crippen LogP contribution in [0.15, 0.2) is 24.3 Å². The Hall–Kier alpha value is -2.93. The van der Waals surface area contributed by atoms with Crippen molar-refractivity contribution in [3.8, 4) is 6.07 Å². The van der Waals surface area contributed by atoms with Crippen LogP contribution < -0.4 is 16.0 Å². The number of hydrogen-bond donors (Lipinski definition) is 3. The highest BCUT2D eigenvalue weighted by Gasteiger charge is 2.61. The fraction of sp³-hybridized carbons (Fsp3) is 0.643. The van der Waals surface area contributed by atoms with Crippen LogP contribution in [-0.2, 0) is 14.4 Å². The van der Waals surface area contributed by atoms with Crippen LogP contribution in [0.1, 0.15) is 57.8 Å². The summed E-state index contributed by atoms with van der Waals surface area (Å²) in [4.78, 5) is 41.3. The van der Waals surface area contributed by atoms with Crippen molar-refractivity contribution in [3.63, 3.8) is 0 Å². The van der Waals surface area contributed by atoms with Gasteiger partial charge >= 0.3 is 0 Å². The standard InChI is InChI=1S/C28H34ClF2N5O3/c29-18-4-1-5-19(13-18)34-23(11-16-6-7-16)27(39)36-21-8-9-22(28(30,31)14-21)24(36)26(38)35-20(15-32)12-17-3-2-10-33-25(17)37/h1,4-5,13,16-17,20-24,34H,2-3,6-12,14H2,(H,33,37)(H,35,38)/t17-,20-,21-,22-,23+,24+/m0/s1. The minimum Gasteiger partial charge on any atom is -0.374 e. The summed E-state index contributed by atoms with van der Waals surface area (Å²) in [5, 5.41) is 18.9. The summed E-state index contributed by atoms with van der Waals surface area (Å²) in [5.74, 6) is -5.83. The molecule has 5 fully saturated rings. The highest BCUT2D eigenvalue weighted by atomic mass is 35.5. The van der Waals surface area contributed by atoms with Gasteiger partial charge in [0.25, 0.3) is 5.92 Å². The summed E-state index contributed by atoms with van der Waals surface area (Å²) in [6, 6.07) is 5.10. The Labute approximate surface area is 231 Å². The quantitative estimate of drug-likeness (QED) is 0.424. The van der Waals surface area contributed by atoms with Crippen molar-refractivity contribution >= 4 is 35.0 Å². The lowest BCUT2D eigenvalue weighted by atomic mass is 9.71. The number of halogens is 3. The van der Waals surface area contributed by atoms with Gasteiger partial charge in [-0.15, -0.1) is 0 Å². The molecule has 0 aromatic heterocycles. The Kier molecular flexibility index (Phi) is 7.99. The molecule has 0 radical (unpaired) electrons. The number of carbonyl (C=O) groups excluding carboxylic acids is 3. The van der Waals surface area contributed by atoms with Gasteiger partial charge in [-0.2, -0.15) is 5.26 Å². The summed E-state index contributed by atoms with van der Waals surface area (Å²) in [5.41, 5.74) is 0.644. The van der Waals surface area contributed by atoms with E-state index in [9.17, 15) is 19.6 Å². The van der Waals surface area contributed by atoms with Gasteiger partial charge in [-0.3, -0.25) is 14.4 Å². The molecule has 6 atom stereocenters. The third-order valence-electron chi connectivity index (χ3n) is 8.58. The van der Waals surface area contributed by atoms with Crippen molar-refractivity contribution in [2.24, 2.45) is 17.8 Å². The number of rotatable bonds is 9. The van der Waals surface area contributed by atoms with Crippen molar-refractivity contribution in [1.29, 1.82) is 5.26 Å². The molecule has 39 heavy (non-hydrogen) atoms. The molecular weight excluding hydrogens is 528 g/mol. The van der Waals surface area contributed by atoms with Gasteiger partial charge in [-0.1, -0.05) is 30.5 Å². The van der Waals surface area contributed by atoms with E-state index in [4.69, 9.17) is 11.6 Å². The molecule has 3 heterocycles. The average Bonchev–Trinajstić information content (AvgIpc) is 3.72. The predicted octanol–water partition coefficient (Wildman–Crippen LogP) is 3.86. The molecule has 0 spiro atoms. The molecule has 3 amide bonds. The van der Waals surface area contributed by atoms with Crippen molar-refractivity contribution in [1.82, 2.24) is 15.5 Å². The van der Waals surface area contributed by atoms with Crippen LogP contribution in [0.5, 0.6) is 0 Å². The molecule has 6 rings (SSSR count). The summed E-state index contributed by atoms with van der Waals surface area (Å²) in [6.07, 6.45) is 4.01. The van der Waals surface area contributed by atoms with Gasteiger partial charge in [0.15, 0.2) is 0 Å². The number of carbonyl (C=O) groups is 3. The minimum absolute atomic E-state index is 0.0971. The van der Waals surface area contributed by atoms with E-state index in [1.807, 2.05) is 6.07 Å². The number of fused-ring (bicyclic) bond motifs is 3. The lowest BCUT2D eigenvalue weighted by Crippen LogP contribution is -2.70. The van der Waals surface area contributed by atoms with E-state index in [1.165, 1.54) is 4.90 Å². The topological polar surface area (TPSA) is 114 Å². The van der Waals surface area contributed by atoms with Crippen LogP contribution in [0, 0.1) is 29.1 Å². The molecule has 3 aliphatic heterocycles. The number of alkyl halides is 2. The second-order valence-electron chi connectivity index (χ2n) is 11.4. The highest BCUT2D eigenvalue weighted by molar-refractivity contribution is 6.30. The maximum absolute atomic E-state index is 15.1. The third-order valence-corrected chi connectivity index (χ3v) is 8.82. The first kappa shape index (κ1) is 27.6. The van der Waals surface area contributed by atoms with Gasteiger partial charge in [-0.05, 0) is 62.6 Å². The van der Waals surface area contributed by atoms with E-state index >= 15 is 8.78 Å². The molecule has 210 valence electrons. The Morgan fingerprint density at radius 2 is 2.00 bits per heavy atom. The number of anilines is 1. The smallest absolute Gasteiger partial charge is 0.255 e.